The van der Waals surface area contributed by atoms with Gasteiger partial charge >= 0.3 is 0 Å². The largest absolute Gasteiger partial charge is 0.491 e. The second kappa shape index (κ2) is 10.7. The molecule has 1 unspecified atom stereocenters. The number of para-hydroxylation sites is 1. The van der Waals surface area contributed by atoms with Crippen molar-refractivity contribution in [2.45, 2.75) is 25.9 Å². The van der Waals surface area contributed by atoms with Gasteiger partial charge in [-0.15, -0.1) is 24.0 Å². The molecule has 6 heteroatoms. The summed E-state index contributed by atoms with van der Waals surface area (Å²) in [6.07, 6.45) is 2.59. The Kier molecular flexibility index (Phi) is 9.22. The molecule has 1 heterocycles. The van der Waals surface area contributed by atoms with E-state index in [9.17, 15) is 0 Å². The number of rotatable bonds is 6. The quantitative estimate of drug-likeness (QED) is 0.322. The third-order valence-electron chi connectivity index (χ3n) is 3.49. The van der Waals surface area contributed by atoms with Gasteiger partial charge in [0, 0.05) is 20.2 Å². The molecule has 1 aliphatic heterocycles. The fourth-order valence-corrected chi connectivity index (χ4v) is 2.29. The smallest absolute Gasteiger partial charge is 0.191 e. The van der Waals surface area contributed by atoms with E-state index >= 15 is 0 Å². The third kappa shape index (κ3) is 6.39. The number of aryl methyl sites for hydroxylation is 1. The average Bonchev–Trinajstić information content (AvgIpc) is 3.01. The minimum Gasteiger partial charge on any atom is -0.491 e. The zero-order chi connectivity index (χ0) is 14.9. The van der Waals surface area contributed by atoms with E-state index in [2.05, 4.69) is 15.6 Å². The topological polar surface area (TPSA) is 54.9 Å². The van der Waals surface area contributed by atoms with Crippen molar-refractivity contribution in [2.75, 3.05) is 33.4 Å². The number of nitrogens with one attached hydrogen (secondary N) is 2. The van der Waals surface area contributed by atoms with Crippen LogP contribution in [0.4, 0.5) is 0 Å². The highest BCUT2D eigenvalue weighted by Gasteiger charge is 2.15. The van der Waals surface area contributed by atoms with E-state index in [4.69, 9.17) is 9.47 Å². The molecule has 0 saturated carbocycles. The van der Waals surface area contributed by atoms with E-state index in [0.29, 0.717) is 19.3 Å². The number of hydrogen-bond donors (Lipinski definition) is 2. The Morgan fingerprint density at radius 3 is 2.86 bits per heavy atom. The maximum atomic E-state index is 5.74. The van der Waals surface area contributed by atoms with Crippen molar-refractivity contribution in [3.8, 4) is 5.75 Å². The first-order valence-corrected chi connectivity index (χ1v) is 7.54. The van der Waals surface area contributed by atoms with Gasteiger partial charge in [-0.3, -0.25) is 4.99 Å². The molecule has 124 valence electrons. The van der Waals surface area contributed by atoms with Crippen molar-refractivity contribution >= 4 is 29.9 Å². The monoisotopic (exact) mass is 419 g/mol. The molecule has 1 saturated heterocycles. The van der Waals surface area contributed by atoms with E-state index in [1.807, 2.05) is 31.2 Å². The summed E-state index contributed by atoms with van der Waals surface area (Å²) < 4.78 is 11.3. The maximum Gasteiger partial charge on any atom is 0.191 e. The highest BCUT2D eigenvalue weighted by atomic mass is 127. The number of benzene rings is 1. The number of ether oxygens (including phenoxy) is 2. The van der Waals surface area contributed by atoms with Crippen LogP contribution in [0.2, 0.25) is 0 Å². The molecule has 0 spiro atoms. The van der Waals surface area contributed by atoms with Crippen LogP contribution in [0.25, 0.3) is 0 Å². The molecule has 1 atom stereocenters. The van der Waals surface area contributed by atoms with Crippen molar-refractivity contribution in [3.05, 3.63) is 29.8 Å². The van der Waals surface area contributed by atoms with Crippen LogP contribution >= 0.6 is 24.0 Å². The minimum atomic E-state index is 0. The van der Waals surface area contributed by atoms with Gasteiger partial charge in [0.05, 0.1) is 12.6 Å². The molecular formula is C16H26IN3O2. The van der Waals surface area contributed by atoms with Crippen LogP contribution in [0.1, 0.15) is 18.4 Å². The van der Waals surface area contributed by atoms with Crippen molar-refractivity contribution in [2.24, 2.45) is 4.99 Å². The van der Waals surface area contributed by atoms with Crippen LogP contribution in [-0.4, -0.2) is 45.4 Å². The first-order chi connectivity index (χ1) is 10.3. The SMILES string of the molecule is CN=C(NCCOc1ccccc1C)NCC1CCCO1.I. The number of nitrogens with zero attached hydrogens (tertiary/aromatic N) is 1. The first kappa shape index (κ1) is 19.0. The van der Waals surface area contributed by atoms with Crippen LogP contribution in [-0.2, 0) is 4.74 Å². The summed E-state index contributed by atoms with van der Waals surface area (Å²) in [4.78, 5) is 4.19. The molecule has 1 aliphatic rings. The number of guanidine groups is 1. The van der Waals surface area contributed by atoms with Crippen LogP contribution in [0.5, 0.6) is 5.75 Å². The van der Waals surface area contributed by atoms with Gasteiger partial charge in [0.2, 0.25) is 0 Å². The lowest BCUT2D eigenvalue weighted by atomic mass is 10.2. The molecule has 1 fully saturated rings. The Bertz CT molecular complexity index is 462. The summed E-state index contributed by atoms with van der Waals surface area (Å²) >= 11 is 0. The van der Waals surface area contributed by atoms with Gasteiger partial charge in [-0.1, -0.05) is 18.2 Å². The van der Waals surface area contributed by atoms with Gasteiger partial charge in [-0.25, -0.2) is 0 Å². The Labute approximate surface area is 149 Å². The lowest BCUT2D eigenvalue weighted by molar-refractivity contribution is 0.114. The zero-order valence-corrected chi connectivity index (χ0v) is 15.6. The van der Waals surface area contributed by atoms with E-state index in [1.165, 1.54) is 0 Å². The molecule has 0 bridgehead atoms. The zero-order valence-electron chi connectivity index (χ0n) is 13.3. The van der Waals surface area contributed by atoms with Crippen LogP contribution in [0.15, 0.2) is 29.3 Å². The summed E-state index contributed by atoms with van der Waals surface area (Å²) in [7, 11) is 1.77. The maximum absolute atomic E-state index is 5.74. The third-order valence-corrected chi connectivity index (χ3v) is 3.49. The highest BCUT2D eigenvalue weighted by Crippen LogP contribution is 2.15. The molecular weight excluding hydrogens is 393 g/mol. The van der Waals surface area contributed by atoms with Crippen molar-refractivity contribution < 1.29 is 9.47 Å². The molecule has 5 nitrogen and oxygen atoms in total. The summed E-state index contributed by atoms with van der Waals surface area (Å²) in [5, 5.41) is 6.52. The van der Waals surface area contributed by atoms with Crippen molar-refractivity contribution in [1.29, 1.82) is 0 Å². The summed E-state index contributed by atoms with van der Waals surface area (Å²) in [5.74, 6) is 1.72. The molecule has 1 aromatic carbocycles. The van der Waals surface area contributed by atoms with Crippen LogP contribution in [0, 0.1) is 6.92 Å². The average molecular weight is 419 g/mol. The molecule has 2 N–H and O–H groups in total. The van der Waals surface area contributed by atoms with Gasteiger partial charge < -0.3 is 20.1 Å². The molecule has 2 rings (SSSR count). The number of aliphatic imine (C=N–C) groups is 1. The molecule has 22 heavy (non-hydrogen) atoms. The molecule has 1 aromatic rings. The standard InChI is InChI=1S/C16H25N3O2.HI/c1-13-6-3-4-8-15(13)21-11-9-18-16(17-2)19-12-14-7-5-10-20-14;/h3-4,6,8,14H,5,7,9-12H2,1-2H3,(H2,17,18,19);1H. The highest BCUT2D eigenvalue weighted by molar-refractivity contribution is 14.0. The lowest BCUT2D eigenvalue weighted by Crippen LogP contribution is -2.42. The van der Waals surface area contributed by atoms with Crippen molar-refractivity contribution in [1.82, 2.24) is 10.6 Å². The molecule has 0 aliphatic carbocycles. The van der Waals surface area contributed by atoms with Gasteiger partial charge in [-0.05, 0) is 31.4 Å². The second-order valence-corrected chi connectivity index (χ2v) is 5.13. The van der Waals surface area contributed by atoms with E-state index in [1.54, 1.807) is 7.05 Å². The fourth-order valence-electron chi connectivity index (χ4n) is 2.29. The number of hydrogen-bond acceptors (Lipinski definition) is 3. The van der Waals surface area contributed by atoms with Gasteiger partial charge in [0.15, 0.2) is 5.96 Å². The predicted molar refractivity (Wildman–Crippen MR) is 100 cm³/mol. The van der Waals surface area contributed by atoms with Gasteiger partial charge in [-0.2, -0.15) is 0 Å². The Balaban J connectivity index is 0.00000242. The second-order valence-electron chi connectivity index (χ2n) is 5.13. The van der Waals surface area contributed by atoms with E-state index in [-0.39, 0.29) is 24.0 Å². The lowest BCUT2D eigenvalue weighted by Gasteiger charge is -2.15. The Hall–Kier alpha value is -1.02. The Morgan fingerprint density at radius 1 is 1.36 bits per heavy atom. The molecule has 0 aromatic heterocycles. The summed E-state index contributed by atoms with van der Waals surface area (Å²) in [6.45, 7) is 5.04. The molecule has 0 amide bonds. The van der Waals surface area contributed by atoms with Crippen molar-refractivity contribution in [3.63, 3.8) is 0 Å². The summed E-state index contributed by atoms with van der Waals surface area (Å²) in [5.41, 5.74) is 1.15. The van der Waals surface area contributed by atoms with Gasteiger partial charge in [0.25, 0.3) is 0 Å². The summed E-state index contributed by atoms with van der Waals surface area (Å²) in [6, 6.07) is 8.03. The van der Waals surface area contributed by atoms with E-state index < -0.39 is 0 Å². The first-order valence-electron chi connectivity index (χ1n) is 7.54. The normalized spacial score (nSPS) is 17.7. The van der Waals surface area contributed by atoms with E-state index in [0.717, 1.165) is 43.3 Å². The fraction of sp³-hybridized carbons (Fsp3) is 0.562. The van der Waals surface area contributed by atoms with Crippen LogP contribution < -0.4 is 15.4 Å². The Morgan fingerprint density at radius 2 is 2.18 bits per heavy atom. The van der Waals surface area contributed by atoms with Gasteiger partial charge in [0.1, 0.15) is 12.4 Å². The predicted octanol–water partition coefficient (Wildman–Crippen LogP) is 2.34. The molecule has 0 radical (unpaired) electrons. The number of halogens is 1. The van der Waals surface area contributed by atoms with Crippen LogP contribution in [0.3, 0.4) is 0 Å². The minimum absolute atomic E-state index is 0.